The summed E-state index contributed by atoms with van der Waals surface area (Å²) in [6.07, 6.45) is 2.03. The van der Waals surface area contributed by atoms with Gasteiger partial charge in [-0.25, -0.2) is 0 Å². The number of carbonyl (C=O) groups is 2. The zero-order valence-corrected chi connectivity index (χ0v) is 6.19. The van der Waals surface area contributed by atoms with Gasteiger partial charge in [0, 0.05) is 6.92 Å². The minimum atomic E-state index is -0.899. The largest absolute Gasteiger partial charge is 0.463 e. The van der Waals surface area contributed by atoms with Gasteiger partial charge in [-0.1, -0.05) is 0 Å². The molecule has 0 aromatic rings. The molecule has 0 aromatic heterocycles. The summed E-state index contributed by atoms with van der Waals surface area (Å²) in [5.74, 6) is -0.455. The topological polar surface area (TPSA) is 63.6 Å². The third-order valence-corrected chi connectivity index (χ3v) is 0.869. The molecule has 0 rings (SSSR count). The van der Waals surface area contributed by atoms with Gasteiger partial charge in [0.25, 0.3) is 0 Å². The number of esters is 1. The summed E-state index contributed by atoms with van der Waals surface area (Å²) in [5, 5.41) is 8.91. The Morgan fingerprint density at radius 2 is 2.36 bits per heavy atom. The normalized spacial score (nSPS) is 12.9. The van der Waals surface area contributed by atoms with E-state index in [2.05, 4.69) is 4.74 Å². The maximum Gasteiger partial charge on any atom is 0.302 e. The lowest BCUT2D eigenvalue weighted by Gasteiger charge is -2.03. The molecule has 1 N–H and O–H groups in total. The van der Waals surface area contributed by atoms with Gasteiger partial charge in [0.15, 0.2) is 0 Å². The van der Waals surface area contributed by atoms with Crippen LogP contribution >= 0.6 is 0 Å². The van der Waals surface area contributed by atoms with Crippen LogP contribution < -0.4 is 0 Å². The predicted octanol–water partition coefficient (Wildman–Crippen LogP) is -0.335. The monoisotopic (exact) mass is 158 g/mol. The van der Waals surface area contributed by atoms with E-state index in [4.69, 9.17) is 5.11 Å². The number of rotatable bonds is 4. The summed E-state index contributed by atoms with van der Waals surface area (Å²) < 4.78 is 4.44. The van der Waals surface area contributed by atoms with E-state index in [1.807, 2.05) is 0 Å². The first-order valence-corrected chi connectivity index (χ1v) is 3.10. The maximum absolute atomic E-state index is 10.2. The van der Waals surface area contributed by atoms with Gasteiger partial charge in [-0.3, -0.25) is 9.59 Å². The molecule has 0 radical (unpaired) electrons. The van der Waals surface area contributed by atoms with Crippen molar-refractivity contribution in [2.24, 2.45) is 0 Å². The van der Waals surface area contributed by atoms with Gasteiger partial charge in [-0.05, 0) is 12.2 Å². The minimum absolute atomic E-state index is 0.111. The van der Waals surface area contributed by atoms with Crippen molar-refractivity contribution in [3.05, 3.63) is 12.2 Å². The smallest absolute Gasteiger partial charge is 0.302 e. The average molecular weight is 158 g/mol. The first-order chi connectivity index (χ1) is 5.16. The number of aliphatic hydroxyl groups is 1. The first kappa shape index (κ1) is 9.84. The molecule has 0 spiro atoms. The standard InChI is InChI=1S/C7H10O4/c1-6(9)11-5-7(10)3-2-4-8/h2-4,7,10H,5H2,1H3/b3-2+/t7-/m0/s1. The summed E-state index contributed by atoms with van der Waals surface area (Å²) in [4.78, 5) is 19.9. The van der Waals surface area contributed by atoms with Crippen LogP contribution in [0.3, 0.4) is 0 Å². The lowest BCUT2D eigenvalue weighted by Crippen LogP contribution is -2.14. The second-order valence-electron chi connectivity index (χ2n) is 1.89. The van der Waals surface area contributed by atoms with E-state index in [1.54, 1.807) is 0 Å². The molecule has 4 heteroatoms. The van der Waals surface area contributed by atoms with Crippen LogP contribution in [0.5, 0.6) is 0 Å². The van der Waals surface area contributed by atoms with Gasteiger partial charge in [0.1, 0.15) is 19.0 Å². The number of aliphatic hydroxyl groups excluding tert-OH is 1. The summed E-state index contributed by atoms with van der Waals surface area (Å²) in [6, 6.07) is 0. The van der Waals surface area contributed by atoms with E-state index < -0.39 is 12.1 Å². The van der Waals surface area contributed by atoms with Crippen LogP contribution in [0.2, 0.25) is 0 Å². The Kier molecular flexibility index (Phi) is 5.02. The summed E-state index contributed by atoms with van der Waals surface area (Å²) in [6.45, 7) is 1.13. The second kappa shape index (κ2) is 5.61. The molecule has 0 aliphatic carbocycles. The Morgan fingerprint density at radius 3 is 2.82 bits per heavy atom. The lowest BCUT2D eigenvalue weighted by molar-refractivity contribution is -0.143. The molecule has 0 aromatic carbocycles. The molecule has 0 fully saturated rings. The highest BCUT2D eigenvalue weighted by Crippen LogP contribution is 1.87. The van der Waals surface area contributed by atoms with Crippen molar-refractivity contribution in [1.82, 2.24) is 0 Å². The predicted molar refractivity (Wildman–Crippen MR) is 37.8 cm³/mol. The van der Waals surface area contributed by atoms with Crippen LogP contribution in [0.4, 0.5) is 0 Å². The van der Waals surface area contributed by atoms with Crippen molar-refractivity contribution in [1.29, 1.82) is 0 Å². The Bertz CT molecular complexity index is 162. The number of aldehydes is 1. The SMILES string of the molecule is CC(=O)OC[C@@H](O)/C=C/C=O. The van der Waals surface area contributed by atoms with Gasteiger partial charge in [0.2, 0.25) is 0 Å². The molecule has 11 heavy (non-hydrogen) atoms. The minimum Gasteiger partial charge on any atom is -0.463 e. The second-order valence-corrected chi connectivity index (χ2v) is 1.89. The number of hydrogen-bond acceptors (Lipinski definition) is 4. The Labute approximate surface area is 64.5 Å². The maximum atomic E-state index is 10.2. The average Bonchev–Trinajstić information content (AvgIpc) is 1.97. The van der Waals surface area contributed by atoms with E-state index >= 15 is 0 Å². The summed E-state index contributed by atoms with van der Waals surface area (Å²) in [7, 11) is 0. The summed E-state index contributed by atoms with van der Waals surface area (Å²) in [5.41, 5.74) is 0. The zero-order valence-electron chi connectivity index (χ0n) is 6.19. The molecule has 0 unspecified atom stereocenters. The zero-order chi connectivity index (χ0) is 8.69. The number of allylic oxidation sites excluding steroid dienone is 1. The van der Waals surface area contributed by atoms with Crippen molar-refractivity contribution < 1.29 is 19.4 Å². The van der Waals surface area contributed by atoms with Crippen molar-refractivity contribution >= 4 is 12.3 Å². The van der Waals surface area contributed by atoms with Crippen LogP contribution in [0, 0.1) is 0 Å². The third kappa shape index (κ3) is 6.73. The quantitative estimate of drug-likeness (QED) is 0.345. The van der Waals surface area contributed by atoms with E-state index in [0.717, 1.165) is 6.08 Å². The third-order valence-electron chi connectivity index (χ3n) is 0.869. The van der Waals surface area contributed by atoms with E-state index in [0.29, 0.717) is 6.29 Å². The van der Waals surface area contributed by atoms with Crippen LogP contribution in [-0.4, -0.2) is 30.1 Å². The Morgan fingerprint density at radius 1 is 1.73 bits per heavy atom. The van der Waals surface area contributed by atoms with Gasteiger partial charge >= 0.3 is 5.97 Å². The molecule has 0 saturated carbocycles. The highest BCUT2D eigenvalue weighted by atomic mass is 16.5. The van der Waals surface area contributed by atoms with Gasteiger partial charge < -0.3 is 9.84 Å². The number of carbonyl (C=O) groups excluding carboxylic acids is 2. The van der Waals surface area contributed by atoms with Crippen molar-refractivity contribution in [3.8, 4) is 0 Å². The van der Waals surface area contributed by atoms with Crippen LogP contribution in [0.25, 0.3) is 0 Å². The first-order valence-electron chi connectivity index (χ1n) is 3.10. The molecular weight excluding hydrogens is 148 g/mol. The molecule has 0 amide bonds. The fourth-order valence-electron chi connectivity index (χ4n) is 0.432. The molecule has 0 bridgehead atoms. The van der Waals surface area contributed by atoms with Gasteiger partial charge in [-0.2, -0.15) is 0 Å². The van der Waals surface area contributed by atoms with E-state index in [9.17, 15) is 9.59 Å². The van der Waals surface area contributed by atoms with Crippen LogP contribution in [0.15, 0.2) is 12.2 Å². The van der Waals surface area contributed by atoms with Gasteiger partial charge in [-0.15, -0.1) is 0 Å². The number of ether oxygens (including phenoxy) is 1. The molecule has 4 nitrogen and oxygen atoms in total. The fraction of sp³-hybridized carbons (Fsp3) is 0.429. The molecular formula is C7H10O4. The lowest BCUT2D eigenvalue weighted by atomic mass is 10.3. The molecule has 0 saturated heterocycles. The van der Waals surface area contributed by atoms with Crippen molar-refractivity contribution in [3.63, 3.8) is 0 Å². The number of hydrogen-bond donors (Lipinski definition) is 1. The highest BCUT2D eigenvalue weighted by Gasteiger charge is 1.99. The molecule has 0 aliphatic rings. The molecule has 1 atom stereocenters. The van der Waals surface area contributed by atoms with Crippen molar-refractivity contribution in [2.75, 3.05) is 6.61 Å². The summed E-state index contributed by atoms with van der Waals surface area (Å²) >= 11 is 0. The van der Waals surface area contributed by atoms with Crippen molar-refractivity contribution in [2.45, 2.75) is 13.0 Å². The van der Waals surface area contributed by atoms with Crippen LogP contribution in [-0.2, 0) is 14.3 Å². The van der Waals surface area contributed by atoms with E-state index in [-0.39, 0.29) is 6.61 Å². The fourth-order valence-corrected chi connectivity index (χ4v) is 0.432. The van der Waals surface area contributed by atoms with Gasteiger partial charge in [0.05, 0.1) is 0 Å². The Hall–Kier alpha value is -1.16. The molecule has 0 heterocycles. The van der Waals surface area contributed by atoms with Crippen LogP contribution in [0.1, 0.15) is 6.92 Å². The highest BCUT2D eigenvalue weighted by molar-refractivity contribution is 5.66. The molecule has 62 valence electrons. The Balaban J connectivity index is 3.51. The molecule has 0 aliphatic heterocycles. The van der Waals surface area contributed by atoms with E-state index in [1.165, 1.54) is 13.0 Å².